The van der Waals surface area contributed by atoms with Crippen molar-refractivity contribution in [3.8, 4) is 0 Å². The number of hydrogen-bond acceptors (Lipinski definition) is 3. The summed E-state index contributed by atoms with van der Waals surface area (Å²) in [5.74, 6) is 0.610. The van der Waals surface area contributed by atoms with Gasteiger partial charge in [0.05, 0.1) is 0 Å². The lowest BCUT2D eigenvalue weighted by Gasteiger charge is -2.17. The Bertz CT molecular complexity index is 630. The molecule has 120 valence electrons. The Labute approximate surface area is 143 Å². The Morgan fingerprint density at radius 3 is 2.86 bits per heavy atom. The van der Waals surface area contributed by atoms with Crippen LogP contribution in [0.15, 0.2) is 36.5 Å². The van der Waals surface area contributed by atoms with Gasteiger partial charge in [-0.15, -0.1) is 24.8 Å². The first-order chi connectivity index (χ1) is 9.79. The highest BCUT2D eigenvalue weighted by Gasteiger charge is 2.27. The number of amides is 1. The van der Waals surface area contributed by atoms with Gasteiger partial charge in [0.1, 0.15) is 5.69 Å². The van der Waals surface area contributed by atoms with Crippen LogP contribution in [0.1, 0.15) is 16.9 Å². The van der Waals surface area contributed by atoms with Crippen LogP contribution in [0.2, 0.25) is 0 Å². The second-order valence-corrected chi connectivity index (χ2v) is 5.34. The van der Waals surface area contributed by atoms with E-state index in [1.54, 1.807) is 6.20 Å². The van der Waals surface area contributed by atoms with E-state index in [0.29, 0.717) is 11.6 Å². The highest BCUT2D eigenvalue weighted by molar-refractivity contribution is 6.05. The molecular formula is C16H21Cl2N3O. The van der Waals surface area contributed by atoms with E-state index in [4.69, 9.17) is 0 Å². The summed E-state index contributed by atoms with van der Waals surface area (Å²) in [6.45, 7) is 2.62. The number of hydrogen-bond donors (Lipinski definition) is 1. The van der Waals surface area contributed by atoms with Crippen molar-refractivity contribution in [3.63, 3.8) is 0 Å². The summed E-state index contributed by atoms with van der Waals surface area (Å²) in [5, 5.41) is 5.19. The van der Waals surface area contributed by atoms with Crippen molar-refractivity contribution in [3.05, 3.63) is 42.2 Å². The maximum absolute atomic E-state index is 12.7. The van der Waals surface area contributed by atoms with Crippen molar-refractivity contribution >= 4 is 41.5 Å². The number of carbonyl (C=O) groups excluding carboxylic acids is 1. The van der Waals surface area contributed by atoms with Gasteiger partial charge in [-0.2, -0.15) is 0 Å². The molecule has 3 rings (SSSR count). The van der Waals surface area contributed by atoms with Crippen molar-refractivity contribution in [1.29, 1.82) is 0 Å². The topological polar surface area (TPSA) is 45.2 Å². The molecule has 1 fully saturated rings. The predicted molar refractivity (Wildman–Crippen MR) is 94.2 cm³/mol. The molecule has 0 aliphatic carbocycles. The summed E-state index contributed by atoms with van der Waals surface area (Å²) in [5.41, 5.74) is 0.577. The molecule has 22 heavy (non-hydrogen) atoms. The van der Waals surface area contributed by atoms with Crippen molar-refractivity contribution < 1.29 is 4.79 Å². The highest BCUT2D eigenvalue weighted by atomic mass is 35.5. The molecule has 4 nitrogen and oxygen atoms in total. The smallest absolute Gasteiger partial charge is 0.273 e. The second-order valence-electron chi connectivity index (χ2n) is 5.34. The number of pyridine rings is 1. The normalized spacial score (nSPS) is 17.0. The third-order valence-electron chi connectivity index (χ3n) is 3.94. The fourth-order valence-corrected chi connectivity index (χ4v) is 2.91. The van der Waals surface area contributed by atoms with E-state index in [1.807, 2.05) is 42.3 Å². The van der Waals surface area contributed by atoms with Gasteiger partial charge in [0, 0.05) is 24.7 Å². The minimum atomic E-state index is 0. The molecule has 1 aromatic carbocycles. The van der Waals surface area contributed by atoms with E-state index < -0.39 is 0 Å². The number of nitrogens with zero attached hydrogens (tertiary/aromatic N) is 2. The van der Waals surface area contributed by atoms with Crippen LogP contribution < -0.4 is 5.32 Å². The number of nitrogens with one attached hydrogen (secondary N) is 1. The molecule has 2 heterocycles. The van der Waals surface area contributed by atoms with Gasteiger partial charge in [-0.05, 0) is 37.4 Å². The molecule has 1 unspecified atom stereocenters. The zero-order valence-corrected chi connectivity index (χ0v) is 14.1. The van der Waals surface area contributed by atoms with Crippen LogP contribution in [0.3, 0.4) is 0 Å². The quantitative estimate of drug-likeness (QED) is 0.933. The minimum absolute atomic E-state index is 0. The number of aromatic nitrogens is 1. The molecule has 1 aliphatic rings. The molecule has 0 spiro atoms. The molecule has 1 atom stereocenters. The molecule has 1 N–H and O–H groups in total. The minimum Gasteiger partial charge on any atom is -0.337 e. The van der Waals surface area contributed by atoms with Crippen LogP contribution in [0.25, 0.3) is 10.8 Å². The summed E-state index contributed by atoms with van der Waals surface area (Å²) in [4.78, 5) is 18.9. The third-order valence-corrected chi connectivity index (χ3v) is 3.94. The van der Waals surface area contributed by atoms with E-state index >= 15 is 0 Å². The summed E-state index contributed by atoms with van der Waals surface area (Å²) < 4.78 is 0. The van der Waals surface area contributed by atoms with Crippen molar-refractivity contribution in [2.45, 2.75) is 6.42 Å². The Morgan fingerprint density at radius 2 is 2.09 bits per heavy atom. The standard InChI is InChI=1S/C16H19N3O.2ClH/c1-17-10-12-7-9-19(11-12)16(20)15-14-5-3-2-4-13(14)6-8-18-15;;/h2-6,8,12,17H,7,9-11H2,1H3;2*1H. The lowest BCUT2D eigenvalue weighted by molar-refractivity contribution is 0.0783. The average molecular weight is 342 g/mol. The summed E-state index contributed by atoms with van der Waals surface area (Å²) >= 11 is 0. The van der Waals surface area contributed by atoms with E-state index in [1.165, 1.54) is 0 Å². The average Bonchev–Trinajstić information content (AvgIpc) is 2.95. The molecule has 6 heteroatoms. The Hall–Kier alpha value is -1.36. The van der Waals surface area contributed by atoms with Gasteiger partial charge in [0.15, 0.2) is 0 Å². The van der Waals surface area contributed by atoms with Crippen molar-refractivity contribution in [2.75, 3.05) is 26.7 Å². The molecule has 1 saturated heterocycles. The van der Waals surface area contributed by atoms with E-state index in [2.05, 4.69) is 10.3 Å². The zero-order chi connectivity index (χ0) is 13.9. The lowest BCUT2D eigenvalue weighted by atomic mass is 10.1. The Morgan fingerprint density at radius 1 is 1.32 bits per heavy atom. The fraction of sp³-hybridized carbons (Fsp3) is 0.375. The summed E-state index contributed by atoms with van der Waals surface area (Å²) in [7, 11) is 1.96. The molecule has 1 amide bonds. The SMILES string of the molecule is CNCC1CCN(C(=O)c2nccc3ccccc23)C1.Cl.Cl. The second kappa shape index (κ2) is 8.32. The third kappa shape index (κ3) is 3.69. The van der Waals surface area contributed by atoms with Gasteiger partial charge in [-0.1, -0.05) is 24.3 Å². The van der Waals surface area contributed by atoms with Crippen LogP contribution >= 0.6 is 24.8 Å². The molecule has 0 radical (unpaired) electrons. The van der Waals surface area contributed by atoms with Gasteiger partial charge in [-0.3, -0.25) is 9.78 Å². The first kappa shape index (κ1) is 18.7. The van der Waals surface area contributed by atoms with Gasteiger partial charge in [0.25, 0.3) is 5.91 Å². The largest absolute Gasteiger partial charge is 0.337 e. The molecule has 0 saturated carbocycles. The maximum Gasteiger partial charge on any atom is 0.273 e. The van der Waals surface area contributed by atoms with Crippen molar-refractivity contribution in [2.24, 2.45) is 5.92 Å². The number of carbonyl (C=O) groups is 1. The first-order valence-electron chi connectivity index (χ1n) is 7.07. The van der Waals surface area contributed by atoms with Crippen LogP contribution in [-0.2, 0) is 0 Å². The van der Waals surface area contributed by atoms with Gasteiger partial charge >= 0.3 is 0 Å². The first-order valence-corrected chi connectivity index (χ1v) is 7.07. The van der Waals surface area contributed by atoms with Crippen LogP contribution in [0.5, 0.6) is 0 Å². The number of benzene rings is 1. The monoisotopic (exact) mass is 341 g/mol. The van der Waals surface area contributed by atoms with Gasteiger partial charge < -0.3 is 10.2 Å². The van der Waals surface area contributed by atoms with Crippen LogP contribution in [0, 0.1) is 5.92 Å². The van der Waals surface area contributed by atoms with Crippen molar-refractivity contribution in [1.82, 2.24) is 15.2 Å². The summed E-state index contributed by atoms with van der Waals surface area (Å²) in [6.07, 6.45) is 2.79. The molecular weight excluding hydrogens is 321 g/mol. The van der Waals surface area contributed by atoms with E-state index in [0.717, 1.165) is 36.8 Å². The summed E-state index contributed by atoms with van der Waals surface area (Å²) in [6, 6.07) is 9.86. The molecule has 2 aromatic rings. The Kier molecular flexibility index (Phi) is 7.07. The van der Waals surface area contributed by atoms with E-state index in [-0.39, 0.29) is 30.7 Å². The predicted octanol–water partition coefficient (Wildman–Crippen LogP) is 2.76. The lowest BCUT2D eigenvalue weighted by Crippen LogP contribution is -2.31. The van der Waals surface area contributed by atoms with Gasteiger partial charge in [0.2, 0.25) is 0 Å². The number of rotatable bonds is 3. The molecule has 1 aromatic heterocycles. The maximum atomic E-state index is 12.7. The van der Waals surface area contributed by atoms with Crippen LogP contribution in [0.4, 0.5) is 0 Å². The molecule has 0 bridgehead atoms. The van der Waals surface area contributed by atoms with Gasteiger partial charge in [-0.25, -0.2) is 0 Å². The fourth-order valence-electron chi connectivity index (χ4n) is 2.91. The number of likely N-dealkylation sites (tertiary alicyclic amines) is 1. The van der Waals surface area contributed by atoms with Crippen LogP contribution in [-0.4, -0.2) is 42.5 Å². The number of fused-ring (bicyclic) bond motifs is 1. The zero-order valence-electron chi connectivity index (χ0n) is 12.5. The highest BCUT2D eigenvalue weighted by Crippen LogP contribution is 2.22. The number of halogens is 2. The van der Waals surface area contributed by atoms with E-state index in [9.17, 15) is 4.79 Å². The molecule has 1 aliphatic heterocycles. The Balaban J connectivity index is 0.00000121.